The fourth-order valence-corrected chi connectivity index (χ4v) is 4.20. The molecule has 8 heteroatoms. The largest absolute Gasteiger partial charge is 0.379 e. The number of halogens is 3. The van der Waals surface area contributed by atoms with Crippen LogP contribution in [0.4, 0.5) is 13.2 Å². The fourth-order valence-electron chi connectivity index (χ4n) is 3.35. The summed E-state index contributed by atoms with van der Waals surface area (Å²) >= 11 is 0.739. The van der Waals surface area contributed by atoms with E-state index in [0.717, 1.165) is 42.7 Å². The number of benzene rings is 1. The van der Waals surface area contributed by atoms with Crippen LogP contribution in [0.2, 0.25) is 0 Å². The molecule has 0 saturated carbocycles. The van der Waals surface area contributed by atoms with E-state index in [-0.39, 0.29) is 28.6 Å². The Morgan fingerprint density at radius 2 is 1.97 bits per heavy atom. The van der Waals surface area contributed by atoms with E-state index in [9.17, 15) is 18.0 Å². The van der Waals surface area contributed by atoms with Gasteiger partial charge in [0.05, 0.1) is 5.75 Å². The van der Waals surface area contributed by atoms with Gasteiger partial charge in [-0.05, 0) is 49.1 Å². The van der Waals surface area contributed by atoms with Crippen LogP contribution in [0.25, 0.3) is 0 Å². The third kappa shape index (κ3) is 4.53. The highest BCUT2D eigenvalue weighted by Gasteiger charge is 2.55. The minimum Gasteiger partial charge on any atom is -0.379 e. The zero-order valence-electron chi connectivity index (χ0n) is 16.9. The molecule has 1 aromatic heterocycles. The number of amidine groups is 1. The summed E-state index contributed by atoms with van der Waals surface area (Å²) in [6.45, 7) is 3.27. The van der Waals surface area contributed by atoms with Gasteiger partial charge in [0, 0.05) is 18.2 Å². The number of aliphatic imine (C=N–C) groups is 1. The van der Waals surface area contributed by atoms with Crippen LogP contribution in [0.15, 0.2) is 41.5 Å². The Labute approximate surface area is 178 Å². The van der Waals surface area contributed by atoms with Crippen LogP contribution >= 0.6 is 11.8 Å². The predicted molar refractivity (Wildman–Crippen MR) is 114 cm³/mol. The number of unbranched alkanes of at least 4 members (excludes halogenated alkanes) is 1. The summed E-state index contributed by atoms with van der Waals surface area (Å²) in [6, 6.07) is 7.32. The zero-order valence-corrected chi connectivity index (χ0v) is 17.7. The van der Waals surface area contributed by atoms with Crippen molar-refractivity contribution in [1.82, 2.24) is 4.98 Å². The van der Waals surface area contributed by atoms with Gasteiger partial charge in [0.25, 0.3) is 5.92 Å². The quantitative estimate of drug-likeness (QED) is 0.628. The normalized spacial score (nSPS) is 20.6. The van der Waals surface area contributed by atoms with Crippen molar-refractivity contribution in [3.8, 4) is 0 Å². The second-order valence-corrected chi connectivity index (χ2v) is 8.58. The Morgan fingerprint density at radius 1 is 1.23 bits per heavy atom. The van der Waals surface area contributed by atoms with Gasteiger partial charge >= 0.3 is 0 Å². The number of carbonyl (C=O) groups is 1. The van der Waals surface area contributed by atoms with Crippen molar-refractivity contribution < 1.29 is 18.0 Å². The molecule has 0 spiro atoms. The molecule has 0 radical (unpaired) electrons. The lowest BCUT2D eigenvalue weighted by Gasteiger charge is -2.37. The minimum atomic E-state index is -3.29. The molecule has 1 aliphatic heterocycles. The van der Waals surface area contributed by atoms with E-state index < -0.39 is 23.0 Å². The molecule has 3 rings (SSSR count). The molecule has 30 heavy (non-hydrogen) atoms. The van der Waals surface area contributed by atoms with Crippen molar-refractivity contribution in [2.24, 2.45) is 10.7 Å². The van der Waals surface area contributed by atoms with Gasteiger partial charge < -0.3 is 5.73 Å². The van der Waals surface area contributed by atoms with Gasteiger partial charge in [0.2, 0.25) is 0 Å². The van der Waals surface area contributed by atoms with E-state index in [2.05, 4.69) is 16.9 Å². The highest BCUT2D eigenvalue weighted by atomic mass is 32.2. The van der Waals surface area contributed by atoms with E-state index in [4.69, 9.17) is 5.73 Å². The number of aryl methyl sites for hydroxylation is 1. The van der Waals surface area contributed by atoms with Crippen molar-refractivity contribution in [2.75, 3.05) is 5.75 Å². The Morgan fingerprint density at radius 3 is 2.63 bits per heavy atom. The van der Waals surface area contributed by atoms with Gasteiger partial charge in [-0.25, -0.2) is 18.2 Å². The zero-order chi connectivity index (χ0) is 21.9. The van der Waals surface area contributed by atoms with E-state index in [1.165, 1.54) is 19.1 Å². The van der Waals surface area contributed by atoms with Crippen LogP contribution in [0.3, 0.4) is 0 Å². The second-order valence-electron chi connectivity index (χ2n) is 7.58. The molecule has 0 unspecified atom stereocenters. The number of hydrogen-bond donors (Lipinski definition) is 1. The first-order valence-electron chi connectivity index (χ1n) is 9.79. The van der Waals surface area contributed by atoms with Gasteiger partial charge in [-0.2, -0.15) is 0 Å². The second kappa shape index (κ2) is 8.79. The first-order valence-corrected chi connectivity index (χ1v) is 10.8. The molecule has 0 fully saturated rings. The Hall–Kier alpha value is -2.35. The van der Waals surface area contributed by atoms with Crippen molar-refractivity contribution in [3.05, 3.63) is 64.7 Å². The number of alkyl halides is 2. The van der Waals surface area contributed by atoms with Crippen LogP contribution in [0.5, 0.6) is 0 Å². The van der Waals surface area contributed by atoms with Crippen LogP contribution in [-0.2, 0) is 18.4 Å². The van der Waals surface area contributed by atoms with Crippen LogP contribution in [0, 0.1) is 5.82 Å². The molecule has 0 bridgehead atoms. The number of ketones is 1. The Kier molecular flexibility index (Phi) is 6.55. The van der Waals surface area contributed by atoms with Gasteiger partial charge in [-0.1, -0.05) is 37.2 Å². The summed E-state index contributed by atoms with van der Waals surface area (Å²) in [7, 11) is 0. The summed E-state index contributed by atoms with van der Waals surface area (Å²) < 4.78 is 43.8. The highest BCUT2D eigenvalue weighted by Crippen LogP contribution is 2.47. The first kappa shape index (κ1) is 22.3. The maximum atomic E-state index is 14.7. The lowest BCUT2D eigenvalue weighted by Crippen LogP contribution is -2.48. The summed E-state index contributed by atoms with van der Waals surface area (Å²) in [4.78, 5) is 20.7. The number of hydrogen-bond acceptors (Lipinski definition) is 5. The van der Waals surface area contributed by atoms with E-state index in [0.29, 0.717) is 5.56 Å². The SMILES string of the molecule is CCCCc1ccc(C(=O)Cc2ccc(F)c([C@@]3(C)N=C(N)SCC3(F)F)c2)nc1. The highest BCUT2D eigenvalue weighted by molar-refractivity contribution is 8.13. The summed E-state index contributed by atoms with van der Waals surface area (Å²) in [6.07, 6.45) is 4.61. The molecule has 0 saturated heterocycles. The fraction of sp³-hybridized carbons (Fsp3) is 0.409. The average Bonchev–Trinajstić information content (AvgIpc) is 2.71. The molecule has 1 aliphatic rings. The van der Waals surface area contributed by atoms with Crippen LogP contribution < -0.4 is 5.73 Å². The number of carbonyl (C=O) groups excluding carboxylic acids is 1. The monoisotopic (exact) mass is 435 g/mol. The molecule has 2 N–H and O–H groups in total. The number of aromatic nitrogens is 1. The number of thioether (sulfide) groups is 1. The van der Waals surface area contributed by atoms with Crippen LogP contribution in [0.1, 0.15) is 53.9 Å². The number of Topliss-reactive ketones (excluding diaryl/α,β-unsaturated/α-hetero) is 1. The summed E-state index contributed by atoms with van der Waals surface area (Å²) in [5, 5.41) is -0.0170. The lowest BCUT2D eigenvalue weighted by molar-refractivity contribution is -0.0484. The number of nitrogens with zero attached hydrogens (tertiary/aromatic N) is 2. The minimum absolute atomic E-state index is 0.0170. The molecular formula is C22H24F3N3OS. The third-order valence-corrected chi connectivity index (χ3v) is 6.19. The lowest BCUT2D eigenvalue weighted by atomic mass is 9.84. The van der Waals surface area contributed by atoms with Crippen molar-refractivity contribution in [1.29, 1.82) is 0 Å². The molecule has 1 aromatic carbocycles. The number of rotatable bonds is 7. The van der Waals surface area contributed by atoms with Gasteiger partial charge in [0.15, 0.2) is 16.5 Å². The predicted octanol–water partition coefficient (Wildman–Crippen LogP) is 4.90. The molecule has 1 atom stereocenters. The first-order chi connectivity index (χ1) is 14.2. The molecule has 160 valence electrons. The molecule has 0 aliphatic carbocycles. The van der Waals surface area contributed by atoms with Crippen LogP contribution in [-0.4, -0.2) is 27.6 Å². The van der Waals surface area contributed by atoms with E-state index >= 15 is 0 Å². The maximum absolute atomic E-state index is 14.7. The summed E-state index contributed by atoms with van der Waals surface area (Å²) in [5.74, 6) is -4.96. The average molecular weight is 436 g/mol. The topological polar surface area (TPSA) is 68.3 Å². The molecular weight excluding hydrogens is 411 g/mol. The van der Waals surface area contributed by atoms with Gasteiger partial charge in [-0.15, -0.1) is 0 Å². The Balaban J connectivity index is 1.85. The van der Waals surface area contributed by atoms with E-state index in [1.54, 1.807) is 12.3 Å². The molecule has 0 amide bonds. The van der Waals surface area contributed by atoms with Crippen molar-refractivity contribution >= 4 is 22.7 Å². The van der Waals surface area contributed by atoms with Gasteiger partial charge in [0.1, 0.15) is 11.5 Å². The van der Waals surface area contributed by atoms with Gasteiger partial charge in [-0.3, -0.25) is 9.78 Å². The van der Waals surface area contributed by atoms with Crippen molar-refractivity contribution in [2.45, 2.75) is 51.0 Å². The number of pyridine rings is 1. The molecule has 4 nitrogen and oxygen atoms in total. The smallest absolute Gasteiger partial charge is 0.286 e. The standard InChI is InChI=1S/C22H24F3N3OS/c1-3-4-5-14-7-9-18(27-12-14)19(29)11-15-6-8-17(23)16(10-15)21(2)22(24,25)13-30-20(26)28-21/h6-10,12H,3-5,11,13H2,1-2H3,(H2,26,28)/t21-/m1/s1. The molecule has 2 aromatic rings. The van der Waals surface area contributed by atoms with Crippen molar-refractivity contribution in [3.63, 3.8) is 0 Å². The third-order valence-electron chi connectivity index (χ3n) is 5.30. The number of nitrogens with two attached hydrogens (primary N) is 1. The maximum Gasteiger partial charge on any atom is 0.286 e. The van der Waals surface area contributed by atoms with E-state index in [1.807, 2.05) is 6.07 Å². The molecule has 2 heterocycles. The Bertz CT molecular complexity index is 963. The summed E-state index contributed by atoms with van der Waals surface area (Å²) in [5.41, 5.74) is 5.00.